The summed E-state index contributed by atoms with van der Waals surface area (Å²) in [6.45, 7) is 1.20. The second-order valence-electron chi connectivity index (χ2n) is 5.07. The van der Waals surface area contributed by atoms with Gasteiger partial charge in [-0.05, 0) is 13.0 Å². The summed E-state index contributed by atoms with van der Waals surface area (Å²) in [6, 6.07) is 3.03. The van der Waals surface area contributed by atoms with Crippen LogP contribution in [0.1, 0.15) is 23.5 Å². The number of rotatable bonds is 6. The molecule has 0 aromatic carbocycles. The van der Waals surface area contributed by atoms with E-state index in [1.54, 1.807) is 6.92 Å². The normalized spacial score (nSPS) is 29.2. The summed E-state index contributed by atoms with van der Waals surface area (Å²) in [7, 11) is -4.98. The molecule has 0 radical (unpaired) electrons. The molecule has 11 heteroatoms. The van der Waals surface area contributed by atoms with Crippen LogP contribution in [-0.2, 0) is 18.6 Å². The zero-order valence-electron chi connectivity index (χ0n) is 12.7. The third kappa shape index (κ3) is 4.58. The Balaban J connectivity index is 2.13. The number of aromatic nitrogens is 1. The minimum Gasteiger partial charge on any atom is -0.756 e. The van der Waals surface area contributed by atoms with Crippen LogP contribution in [0.3, 0.4) is 0 Å². The van der Waals surface area contributed by atoms with Gasteiger partial charge in [0, 0.05) is 6.07 Å². The number of aliphatic hydroxyl groups excluding tert-OH is 2. The summed E-state index contributed by atoms with van der Waals surface area (Å²) in [5.41, 5.74) is 0.212. The number of ether oxygens (including phenoxy) is 2. The largest absolute Gasteiger partial charge is 0.756 e. The molecule has 0 bridgehead atoms. The van der Waals surface area contributed by atoms with Gasteiger partial charge in [-0.3, -0.25) is 4.57 Å². The molecule has 0 saturated carbocycles. The van der Waals surface area contributed by atoms with Gasteiger partial charge in [0.05, 0.1) is 13.2 Å². The van der Waals surface area contributed by atoms with E-state index >= 15 is 0 Å². The van der Waals surface area contributed by atoms with Crippen molar-refractivity contribution in [1.29, 1.82) is 0 Å². The lowest BCUT2D eigenvalue weighted by Gasteiger charge is -2.19. The van der Waals surface area contributed by atoms with E-state index in [4.69, 9.17) is 14.4 Å². The van der Waals surface area contributed by atoms with Crippen LogP contribution in [0.2, 0.25) is 0 Å². The van der Waals surface area contributed by atoms with Gasteiger partial charge in [-0.25, -0.2) is 4.79 Å². The number of esters is 1. The number of aliphatic hydroxyl groups is 2. The molecule has 1 saturated heterocycles. The highest BCUT2D eigenvalue weighted by Crippen LogP contribution is 2.33. The molecule has 2 heterocycles. The fraction of sp³-hybridized carbons (Fsp3) is 0.538. The van der Waals surface area contributed by atoms with Gasteiger partial charge >= 0.3 is 5.97 Å². The second kappa shape index (κ2) is 7.66. The lowest BCUT2D eigenvalue weighted by Crippen LogP contribution is -2.46. The Bertz CT molecular complexity index is 634. The van der Waals surface area contributed by atoms with Crippen LogP contribution in [0, 0.1) is 0 Å². The maximum Gasteiger partial charge on any atom is 0.344 e. The first kappa shape index (κ1) is 18.9. The second-order valence-corrected chi connectivity index (χ2v) is 6.27. The molecule has 0 spiro atoms. The predicted molar refractivity (Wildman–Crippen MR) is 74.3 cm³/mol. The first-order valence-electron chi connectivity index (χ1n) is 7.11. The predicted octanol–water partition coefficient (Wildman–Crippen LogP) is -1.75. The topological polar surface area (TPSA) is 149 Å². The van der Waals surface area contributed by atoms with E-state index in [0.29, 0.717) is 0 Å². The first-order chi connectivity index (χ1) is 11.2. The van der Waals surface area contributed by atoms with Crippen LogP contribution >= 0.6 is 7.82 Å². The molecule has 1 aliphatic rings. The highest BCUT2D eigenvalue weighted by atomic mass is 31.2. The molecule has 1 aliphatic heterocycles. The highest BCUT2D eigenvalue weighted by Gasteiger charge is 2.48. The molecule has 0 aliphatic carbocycles. The fourth-order valence-electron chi connectivity index (χ4n) is 2.27. The SMILES string of the molecule is CCOC(=O)c1ccc[n+]([C@@H]2O[C@H](COP(=O)([O-])O)[C@H](O)[C@@H]2O)c1. The van der Waals surface area contributed by atoms with E-state index in [-0.39, 0.29) is 12.2 Å². The van der Waals surface area contributed by atoms with E-state index in [9.17, 15) is 24.5 Å². The Morgan fingerprint density at radius 2 is 2.17 bits per heavy atom. The number of pyridine rings is 1. The molecule has 1 aromatic heterocycles. The Morgan fingerprint density at radius 1 is 1.46 bits per heavy atom. The number of phosphoric acid groups is 1. The lowest BCUT2D eigenvalue weighted by atomic mass is 10.1. The van der Waals surface area contributed by atoms with Gasteiger partial charge in [0.2, 0.25) is 0 Å². The third-order valence-corrected chi connectivity index (χ3v) is 3.84. The van der Waals surface area contributed by atoms with Crippen molar-refractivity contribution in [1.82, 2.24) is 0 Å². The van der Waals surface area contributed by atoms with Crippen molar-refractivity contribution in [3.05, 3.63) is 30.1 Å². The molecule has 2 rings (SSSR count). The molecule has 1 aromatic rings. The van der Waals surface area contributed by atoms with Gasteiger partial charge in [-0.1, -0.05) is 0 Å². The third-order valence-electron chi connectivity index (χ3n) is 3.37. The maximum absolute atomic E-state index is 11.7. The Hall–Kier alpha value is -1.39. The maximum atomic E-state index is 11.7. The number of carbonyl (C=O) groups excluding carboxylic acids is 1. The number of nitrogens with zero attached hydrogens (tertiary/aromatic N) is 1. The van der Waals surface area contributed by atoms with Crippen molar-refractivity contribution in [3.63, 3.8) is 0 Å². The van der Waals surface area contributed by atoms with E-state index < -0.39 is 44.9 Å². The number of hydrogen-bond donors (Lipinski definition) is 3. The number of phosphoric ester groups is 1. The van der Waals surface area contributed by atoms with Crippen molar-refractivity contribution in [2.24, 2.45) is 0 Å². The molecule has 0 amide bonds. The zero-order valence-corrected chi connectivity index (χ0v) is 13.6. The van der Waals surface area contributed by atoms with Gasteiger partial charge in [0.15, 0.2) is 18.5 Å². The minimum absolute atomic E-state index is 0.199. The van der Waals surface area contributed by atoms with Crippen molar-refractivity contribution in [3.8, 4) is 0 Å². The molecule has 24 heavy (non-hydrogen) atoms. The van der Waals surface area contributed by atoms with E-state index in [1.807, 2.05) is 0 Å². The Kier molecular flexibility index (Phi) is 6.05. The molecule has 5 atom stereocenters. The average Bonchev–Trinajstić information content (AvgIpc) is 2.81. The van der Waals surface area contributed by atoms with Gasteiger partial charge in [-0.2, -0.15) is 4.57 Å². The van der Waals surface area contributed by atoms with Gasteiger partial charge < -0.3 is 34.0 Å². The van der Waals surface area contributed by atoms with Crippen molar-refractivity contribution < 1.29 is 47.9 Å². The standard InChI is InChI=1S/C13H18NO9P/c1-2-21-13(17)8-4-3-5-14(6-8)12-11(16)10(15)9(23-12)7-22-24(18,19)20/h3-6,9-12,15-16H,2,7H2,1H3,(H-,18,19,20)/t9-,10+,11+,12-/m1/s1. The van der Waals surface area contributed by atoms with E-state index in [1.165, 1.54) is 29.1 Å². The van der Waals surface area contributed by atoms with Crippen molar-refractivity contribution in [2.75, 3.05) is 13.2 Å². The summed E-state index contributed by atoms with van der Waals surface area (Å²) >= 11 is 0. The summed E-state index contributed by atoms with van der Waals surface area (Å²) < 4.78 is 26.4. The quantitative estimate of drug-likeness (QED) is 0.304. The fourth-order valence-corrected chi connectivity index (χ4v) is 2.60. The van der Waals surface area contributed by atoms with Gasteiger partial charge in [0.25, 0.3) is 14.1 Å². The molecular weight excluding hydrogens is 345 g/mol. The average molecular weight is 363 g/mol. The number of carbonyl (C=O) groups is 1. The monoisotopic (exact) mass is 363 g/mol. The van der Waals surface area contributed by atoms with E-state index in [0.717, 1.165) is 0 Å². The molecule has 3 N–H and O–H groups in total. The Morgan fingerprint density at radius 3 is 2.79 bits per heavy atom. The highest BCUT2D eigenvalue weighted by molar-refractivity contribution is 7.44. The van der Waals surface area contributed by atoms with Crippen LogP contribution in [0.25, 0.3) is 0 Å². The molecule has 134 valence electrons. The molecule has 1 unspecified atom stereocenters. The number of hydrogen-bond acceptors (Lipinski definition) is 8. The lowest BCUT2D eigenvalue weighted by molar-refractivity contribution is -0.765. The smallest absolute Gasteiger partial charge is 0.344 e. The summed E-state index contributed by atoms with van der Waals surface area (Å²) in [5, 5.41) is 20.0. The Labute approximate surface area is 137 Å². The summed E-state index contributed by atoms with van der Waals surface area (Å²) in [5.74, 6) is -0.563. The van der Waals surface area contributed by atoms with Crippen LogP contribution in [0.4, 0.5) is 0 Å². The zero-order chi connectivity index (χ0) is 17.9. The van der Waals surface area contributed by atoms with Gasteiger partial charge in [0.1, 0.15) is 17.8 Å². The molecular formula is C13H18NO9P. The van der Waals surface area contributed by atoms with Crippen molar-refractivity contribution in [2.45, 2.75) is 31.5 Å². The van der Waals surface area contributed by atoms with Crippen molar-refractivity contribution >= 4 is 13.8 Å². The van der Waals surface area contributed by atoms with Crippen LogP contribution in [0.5, 0.6) is 0 Å². The first-order valence-corrected chi connectivity index (χ1v) is 8.60. The van der Waals surface area contributed by atoms with Gasteiger partial charge in [-0.15, -0.1) is 0 Å². The van der Waals surface area contributed by atoms with Crippen LogP contribution in [0.15, 0.2) is 24.5 Å². The van der Waals surface area contributed by atoms with Crippen LogP contribution in [-0.4, -0.2) is 52.6 Å². The summed E-state index contributed by atoms with van der Waals surface area (Å²) in [4.78, 5) is 30.9. The molecule has 10 nitrogen and oxygen atoms in total. The van der Waals surface area contributed by atoms with Crippen LogP contribution < -0.4 is 9.46 Å². The summed E-state index contributed by atoms with van der Waals surface area (Å²) in [6.07, 6.45) is -2.24. The minimum atomic E-state index is -4.98. The van der Waals surface area contributed by atoms with E-state index in [2.05, 4.69) is 4.52 Å². The molecule has 1 fully saturated rings.